The molecule has 1 aromatic carbocycles. The fraction of sp³-hybridized carbons (Fsp3) is 0.0667. The van der Waals surface area contributed by atoms with Crippen LogP contribution >= 0.6 is 0 Å². The number of amides is 1. The lowest BCUT2D eigenvalue weighted by molar-refractivity contribution is -0.116. The minimum Gasteiger partial charge on any atom is -0.399 e. The molecular weight excluding hydrogens is 238 g/mol. The summed E-state index contributed by atoms with van der Waals surface area (Å²) < 4.78 is 0. The maximum Gasteiger partial charge on any atom is 0.244 e. The first-order valence-electron chi connectivity index (χ1n) is 5.94. The second kappa shape index (κ2) is 6.35. The lowest BCUT2D eigenvalue weighted by Gasteiger charge is -2.01. The third-order valence-electron chi connectivity index (χ3n) is 2.55. The summed E-state index contributed by atoms with van der Waals surface area (Å²) in [6.07, 6.45) is 6.68. The quantitative estimate of drug-likeness (QED) is 0.647. The Balaban J connectivity index is 1.86. The van der Waals surface area contributed by atoms with E-state index in [-0.39, 0.29) is 5.91 Å². The van der Waals surface area contributed by atoms with Crippen LogP contribution in [0.15, 0.2) is 54.9 Å². The summed E-state index contributed by atoms with van der Waals surface area (Å²) in [4.78, 5) is 15.6. The fourth-order valence-corrected chi connectivity index (χ4v) is 1.53. The number of nitrogen functional groups attached to an aromatic ring is 1. The highest BCUT2D eigenvalue weighted by Crippen LogP contribution is 2.06. The normalized spacial score (nSPS) is 10.5. The third kappa shape index (κ3) is 4.27. The molecule has 0 bridgehead atoms. The van der Waals surface area contributed by atoms with Crippen LogP contribution in [0.1, 0.15) is 11.1 Å². The Morgan fingerprint density at radius 1 is 1.26 bits per heavy atom. The van der Waals surface area contributed by atoms with Gasteiger partial charge in [0, 0.05) is 30.7 Å². The number of carbonyl (C=O) groups excluding carboxylic acids is 1. The summed E-state index contributed by atoms with van der Waals surface area (Å²) in [7, 11) is 0. The van der Waals surface area contributed by atoms with Crippen molar-refractivity contribution >= 4 is 17.7 Å². The summed E-state index contributed by atoms with van der Waals surface area (Å²) >= 11 is 0. The van der Waals surface area contributed by atoms with Gasteiger partial charge in [-0.1, -0.05) is 18.2 Å². The van der Waals surface area contributed by atoms with Gasteiger partial charge >= 0.3 is 0 Å². The second-order valence-electron chi connectivity index (χ2n) is 4.08. The average Bonchev–Trinajstić information content (AvgIpc) is 2.45. The van der Waals surface area contributed by atoms with Gasteiger partial charge in [-0.25, -0.2) is 0 Å². The molecule has 96 valence electrons. The minimum atomic E-state index is -0.138. The second-order valence-corrected chi connectivity index (χ2v) is 4.08. The Morgan fingerprint density at radius 3 is 2.74 bits per heavy atom. The molecule has 4 nitrogen and oxygen atoms in total. The molecule has 0 spiro atoms. The van der Waals surface area contributed by atoms with Gasteiger partial charge in [0.05, 0.1) is 0 Å². The molecule has 0 aliphatic heterocycles. The van der Waals surface area contributed by atoms with Crippen LogP contribution in [0, 0.1) is 0 Å². The number of hydrogen-bond donors (Lipinski definition) is 2. The minimum absolute atomic E-state index is 0.138. The van der Waals surface area contributed by atoms with E-state index in [1.807, 2.05) is 24.3 Å². The fourth-order valence-electron chi connectivity index (χ4n) is 1.53. The van der Waals surface area contributed by atoms with Gasteiger partial charge in [-0.05, 0) is 35.4 Å². The molecule has 0 saturated carbocycles. The number of hydrogen-bond acceptors (Lipinski definition) is 3. The first-order valence-corrected chi connectivity index (χ1v) is 5.94. The van der Waals surface area contributed by atoms with Crippen molar-refractivity contribution in [1.29, 1.82) is 0 Å². The molecule has 1 amide bonds. The third-order valence-corrected chi connectivity index (χ3v) is 2.55. The summed E-state index contributed by atoms with van der Waals surface area (Å²) in [5, 5.41) is 2.79. The Bertz CT molecular complexity index is 562. The van der Waals surface area contributed by atoms with Gasteiger partial charge in [0.25, 0.3) is 0 Å². The lowest BCUT2D eigenvalue weighted by atomic mass is 10.2. The zero-order valence-corrected chi connectivity index (χ0v) is 10.4. The summed E-state index contributed by atoms with van der Waals surface area (Å²) in [5.41, 5.74) is 8.20. The van der Waals surface area contributed by atoms with Gasteiger partial charge < -0.3 is 11.1 Å². The van der Waals surface area contributed by atoms with Crippen molar-refractivity contribution in [3.05, 3.63) is 66.0 Å². The zero-order chi connectivity index (χ0) is 13.5. The number of nitrogens with zero attached hydrogens (tertiary/aromatic N) is 1. The number of nitrogens with two attached hydrogens (primary N) is 1. The summed E-state index contributed by atoms with van der Waals surface area (Å²) in [5.74, 6) is -0.138. The van der Waals surface area contributed by atoms with Gasteiger partial charge in [-0.15, -0.1) is 0 Å². The van der Waals surface area contributed by atoms with Gasteiger partial charge in [0.15, 0.2) is 0 Å². The van der Waals surface area contributed by atoms with Crippen LogP contribution in [0.4, 0.5) is 5.69 Å². The van der Waals surface area contributed by atoms with Crippen molar-refractivity contribution in [1.82, 2.24) is 10.3 Å². The molecule has 0 fully saturated rings. The van der Waals surface area contributed by atoms with Gasteiger partial charge in [-0.2, -0.15) is 0 Å². The van der Waals surface area contributed by atoms with Crippen molar-refractivity contribution in [2.75, 3.05) is 5.73 Å². The molecule has 2 rings (SSSR count). The molecule has 0 atom stereocenters. The number of nitrogens with one attached hydrogen (secondary N) is 1. The van der Waals surface area contributed by atoms with Crippen molar-refractivity contribution in [2.45, 2.75) is 6.54 Å². The van der Waals surface area contributed by atoms with Crippen molar-refractivity contribution in [3.8, 4) is 0 Å². The lowest BCUT2D eigenvalue weighted by Crippen LogP contribution is -2.20. The molecular formula is C15H15N3O. The molecule has 0 saturated heterocycles. The van der Waals surface area contributed by atoms with E-state index in [1.165, 1.54) is 6.08 Å². The Labute approximate surface area is 112 Å². The Hall–Kier alpha value is -2.62. The molecule has 3 N–H and O–H groups in total. The van der Waals surface area contributed by atoms with E-state index in [1.54, 1.807) is 30.6 Å². The highest BCUT2D eigenvalue weighted by atomic mass is 16.1. The van der Waals surface area contributed by atoms with Crippen molar-refractivity contribution in [3.63, 3.8) is 0 Å². The van der Waals surface area contributed by atoms with Crippen LogP contribution in [0.2, 0.25) is 0 Å². The number of carbonyl (C=O) groups is 1. The zero-order valence-electron chi connectivity index (χ0n) is 10.4. The Kier molecular flexibility index (Phi) is 4.29. The van der Waals surface area contributed by atoms with Gasteiger partial charge in [0.2, 0.25) is 5.91 Å². The number of pyridine rings is 1. The summed E-state index contributed by atoms with van der Waals surface area (Å²) in [6.45, 7) is 0.471. The van der Waals surface area contributed by atoms with Gasteiger partial charge in [0.1, 0.15) is 0 Å². The van der Waals surface area contributed by atoms with Crippen molar-refractivity contribution in [2.24, 2.45) is 0 Å². The molecule has 0 aliphatic rings. The maximum atomic E-state index is 11.6. The number of anilines is 1. The predicted octanol–water partition coefficient (Wildman–Crippen LogP) is 1.99. The Morgan fingerprint density at radius 2 is 2.05 bits per heavy atom. The van der Waals surface area contributed by atoms with Crippen LogP contribution < -0.4 is 11.1 Å². The average molecular weight is 253 g/mol. The van der Waals surface area contributed by atoms with Crippen LogP contribution in [-0.2, 0) is 11.3 Å². The van der Waals surface area contributed by atoms with E-state index < -0.39 is 0 Å². The molecule has 1 heterocycles. The SMILES string of the molecule is Nc1ccc(/C=C\C(=O)NCc2cccnc2)cc1. The molecule has 1 aromatic heterocycles. The van der Waals surface area contributed by atoms with Crippen LogP contribution in [0.25, 0.3) is 6.08 Å². The first kappa shape index (κ1) is 12.8. The van der Waals surface area contributed by atoms with E-state index in [0.29, 0.717) is 12.2 Å². The number of benzene rings is 1. The van der Waals surface area contributed by atoms with E-state index in [0.717, 1.165) is 11.1 Å². The maximum absolute atomic E-state index is 11.6. The van der Waals surface area contributed by atoms with Crippen LogP contribution in [-0.4, -0.2) is 10.9 Å². The largest absolute Gasteiger partial charge is 0.399 e. The molecule has 2 aromatic rings. The van der Waals surface area contributed by atoms with Crippen molar-refractivity contribution < 1.29 is 4.79 Å². The van der Waals surface area contributed by atoms with Crippen LogP contribution in [0.5, 0.6) is 0 Å². The highest BCUT2D eigenvalue weighted by molar-refractivity contribution is 5.91. The molecule has 19 heavy (non-hydrogen) atoms. The first-order chi connectivity index (χ1) is 9.24. The molecule has 0 radical (unpaired) electrons. The number of rotatable bonds is 4. The predicted molar refractivity (Wildman–Crippen MR) is 76.0 cm³/mol. The molecule has 0 aliphatic carbocycles. The number of aromatic nitrogens is 1. The van der Waals surface area contributed by atoms with Gasteiger partial charge in [-0.3, -0.25) is 9.78 Å². The highest BCUT2D eigenvalue weighted by Gasteiger charge is 1.96. The van der Waals surface area contributed by atoms with E-state index in [2.05, 4.69) is 10.3 Å². The van der Waals surface area contributed by atoms with E-state index in [9.17, 15) is 4.79 Å². The smallest absolute Gasteiger partial charge is 0.244 e. The summed E-state index contributed by atoms with van der Waals surface area (Å²) in [6, 6.07) is 11.1. The van der Waals surface area contributed by atoms with E-state index >= 15 is 0 Å². The monoisotopic (exact) mass is 253 g/mol. The van der Waals surface area contributed by atoms with E-state index in [4.69, 9.17) is 5.73 Å². The molecule has 4 heteroatoms. The van der Waals surface area contributed by atoms with Crippen LogP contribution in [0.3, 0.4) is 0 Å². The topological polar surface area (TPSA) is 68.0 Å². The molecule has 0 unspecified atom stereocenters. The standard InChI is InChI=1S/C15H15N3O/c16-14-6-3-12(4-7-14)5-8-15(19)18-11-13-2-1-9-17-10-13/h1-10H,11,16H2,(H,18,19)/b8-5-.